The van der Waals surface area contributed by atoms with E-state index in [-0.39, 0.29) is 59.2 Å². The number of carbonyl (C=O) groups excluding carboxylic acids is 1. The van der Waals surface area contributed by atoms with E-state index in [9.17, 15) is 24.6 Å². The molecule has 0 aliphatic carbocycles. The van der Waals surface area contributed by atoms with Crippen LogP contribution in [0.4, 0.5) is 0 Å². The number of aromatic nitrogens is 4. The largest absolute Gasteiger partial charge is 2.00 e. The third kappa shape index (κ3) is 7.47. The Morgan fingerprint density at radius 1 is 1.00 bits per heavy atom. The third-order valence-electron chi connectivity index (χ3n) is 9.68. The Morgan fingerprint density at radius 2 is 1.68 bits per heavy atom. The summed E-state index contributed by atoms with van der Waals surface area (Å²) in [6.45, 7) is 14.8. The molecule has 3 N–H and O–H groups in total. The van der Waals surface area contributed by atoms with E-state index in [1.54, 1.807) is 13.0 Å². The van der Waals surface area contributed by atoms with Crippen molar-refractivity contribution in [1.29, 1.82) is 0 Å². The first kappa shape index (κ1) is 38.3. The fourth-order valence-corrected chi connectivity index (χ4v) is 6.86. The molecule has 2 aliphatic heterocycles. The second-order valence-electron chi connectivity index (χ2n) is 13.1. The molecule has 2 aliphatic rings. The van der Waals surface area contributed by atoms with E-state index in [1.165, 1.54) is 0 Å². The Bertz CT molecular complexity index is 2060. The molecule has 11 nitrogen and oxygen atoms in total. The summed E-state index contributed by atoms with van der Waals surface area (Å²) in [6.07, 6.45) is 2.41. The van der Waals surface area contributed by atoms with E-state index < -0.39 is 17.9 Å². The van der Waals surface area contributed by atoms with Crippen molar-refractivity contribution in [2.24, 2.45) is 0 Å². The molecule has 2 atom stereocenters. The minimum atomic E-state index is -1.18. The van der Waals surface area contributed by atoms with Crippen LogP contribution in [0.3, 0.4) is 0 Å². The number of carboxylic acid groups (broad SMARTS) is 2. The van der Waals surface area contributed by atoms with Crippen LogP contribution in [0.2, 0.25) is 0 Å². The monoisotopic (exact) mass is 727 g/mol. The number of rotatable bonds is 11. The number of carboxylic acids is 2. The second kappa shape index (κ2) is 15.6. The number of allylic oxidation sites excluding steroid dienone is 2. The Morgan fingerprint density at radius 3 is 2.30 bits per heavy atom. The normalized spacial score (nSPS) is 15.6. The Hall–Kier alpha value is -4.51. The van der Waals surface area contributed by atoms with Crippen LogP contribution >= 0.6 is 0 Å². The molecule has 0 aromatic carbocycles. The molecular weight excluding hydrogens is 684 g/mol. The molecule has 0 fully saturated rings. The van der Waals surface area contributed by atoms with Crippen molar-refractivity contribution < 1.29 is 41.7 Å². The van der Waals surface area contributed by atoms with Gasteiger partial charge in [-0.3, -0.25) is 14.6 Å². The third-order valence-corrected chi connectivity index (χ3v) is 9.68. The number of aromatic carboxylic acids is 1. The summed E-state index contributed by atoms with van der Waals surface area (Å²) in [4.78, 5) is 60.2. The van der Waals surface area contributed by atoms with E-state index >= 15 is 0 Å². The summed E-state index contributed by atoms with van der Waals surface area (Å²) in [6, 6.07) is 5.66. The number of fused-ring (bicyclic) bond motifs is 8. The molecule has 0 saturated carbocycles. The van der Waals surface area contributed by atoms with Crippen molar-refractivity contribution >= 4 is 57.1 Å². The second-order valence-corrected chi connectivity index (χ2v) is 13.1. The fourth-order valence-electron chi connectivity index (χ4n) is 6.86. The molecular formula is C38H44CuN6O5. The van der Waals surface area contributed by atoms with Crippen LogP contribution in [0.1, 0.15) is 107 Å². The molecule has 3 aromatic heterocycles. The van der Waals surface area contributed by atoms with Gasteiger partial charge in [0.05, 0.1) is 17.8 Å². The SMILES string of the molecule is C=Cc1c(C)c2cc3nc(c(CC(=O)NCCN(C)C)c4[n-]c(cc5nc(cc1[n-]2)C(C)=C5CC)c(C)c4C(=O)O)[C@@H](CCC(=O)O)[C@@H]3C.[Cu+2]. The van der Waals surface area contributed by atoms with Crippen LogP contribution in [-0.2, 0) is 33.1 Å². The van der Waals surface area contributed by atoms with Gasteiger partial charge in [-0.2, -0.15) is 0 Å². The molecule has 5 rings (SSSR count). The number of amides is 1. The van der Waals surface area contributed by atoms with E-state index in [0.717, 1.165) is 33.5 Å². The molecule has 3 aromatic rings. The van der Waals surface area contributed by atoms with Crippen molar-refractivity contribution in [2.75, 3.05) is 27.2 Å². The van der Waals surface area contributed by atoms with Crippen LogP contribution in [-0.4, -0.2) is 70.1 Å². The maximum Gasteiger partial charge on any atom is 2.00 e. The van der Waals surface area contributed by atoms with E-state index in [2.05, 4.69) is 11.9 Å². The van der Waals surface area contributed by atoms with Crippen LogP contribution in [0.25, 0.3) is 39.3 Å². The van der Waals surface area contributed by atoms with Crippen LogP contribution in [0, 0.1) is 13.8 Å². The van der Waals surface area contributed by atoms with Gasteiger partial charge in [0.1, 0.15) is 0 Å². The van der Waals surface area contributed by atoms with Gasteiger partial charge in [-0.15, -0.1) is 22.1 Å². The number of aryl methyl sites for hydroxylation is 2. The van der Waals surface area contributed by atoms with Gasteiger partial charge in [0.2, 0.25) is 5.91 Å². The predicted octanol–water partition coefficient (Wildman–Crippen LogP) is 5.84. The first-order valence-electron chi connectivity index (χ1n) is 16.6. The zero-order valence-electron chi connectivity index (χ0n) is 29.6. The predicted molar refractivity (Wildman–Crippen MR) is 192 cm³/mol. The summed E-state index contributed by atoms with van der Waals surface area (Å²) < 4.78 is 0. The van der Waals surface area contributed by atoms with Crippen LogP contribution < -0.4 is 15.3 Å². The number of hydrogen-bond donors (Lipinski definition) is 3. The summed E-state index contributed by atoms with van der Waals surface area (Å²) in [5, 5.41) is 23.2. The molecule has 50 heavy (non-hydrogen) atoms. The van der Waals surface area contributed by atoms with Gasteiger partial charge in [-0.1, -0.05) is 55.8 Å². The molecule has 267 valence electrons. The van der Waals surface area contributed by atoms with Crippen molar-refractivity contribution in [3.63, 3.8) is 0 Å². The molecule has 12 heteroatoms. The first-order valence-corrected chi connectivity index (χ1v) is 16.6. The standard InChI is InChI=1S/C38H46N6O5.Cu/c1-9-23-19(3)27-16-29-21(5)25(11-12-34(46)47)36(42-29)26(15-33(45)39-13-14-44(7)8)37-35(38(48)49)22(6)30(43-37)18-32-24(10-2)20(4)28(41-32)17-31(23)40-27;/h9,16-18,21,25H,1,10-15H2,2-8H3,(H5,39,40,41,42,43,45,46,47,48,49);/q;+2/p-2/t21-,25-;/m0./s1. The number of nitrogens with zero attached hydrogens (tertiary/aromatic N) is 5. The zero-order chi connectivity index (χ0) is 35.7. The smallest absolute Gasteiger partial charge is 0.657 e. The number of aliphatic carboxylic acids is 1. The molecule has 1 radical (unpaired) electrons. The molecule has 0 saturated heterocycles. The summed E-state index contributed by atoms with van der Waals surface area (Å²) in [5.74, 6) is -3.11. The van der Waals surface area contributed by atoms with Crippen molar-refractivity contribution in [1.82, 2.24) is 30.2 Å². The zero-order valence-corrected chi connectivity index (χ0v) is 30.5. The molecule has 0 spiro atoms. The van der Waals surface area contributed by atoms with E-state index in [0.29, 0.717) is 58.8 Å². The van der Waals surface area contributed by atoms with Crippen LogP contribution in [0.15, 0.2) is 24.8 Å². The topological polar surface area (TPSA) is 161 Å². The van der Waals surface area contributed by atoms with Gasteiger partial charge in [-0.25, -0.2) is 9.78 Å². The average molecular weight is 728 g/mol. The van der Waals surface area contributed by atoms with Crippen molar-refractivity contribution in [3.8, 4) is 0 Å². The number of nitrogens with one attached hydrogen (secondary N) is 1. The Balaban J connectivity index is 0.00000562. The molecule has 1 amide bonds. The first-order chi connectivity index (χ1) is 23.2. The van der Waals surface area contributed by atoms with Gasteiger partial charge in [0.25, 0.3) is 0 Å². The minimum Gasteiger partial charge on any atom is -0.657 e. The number of hydrogen-bond acceptors (Lipinski definition) is 6. The molecule has 0 unspecified atom stereocenters. The van der Waals surface area contributed by atoms with Crippen LogP contribution in [0.5, 0.6) is 0 Å². The maximum absolute atomic E-state index is 13.5. The summed E-state index contributed by atoms with van der Waals surface area (Å²) in [5.41, 5.74) is 9.19. The molecule has 8 bridgehead atoms. The minimum absolute atomic E-state index is 0. The van der Waals surface area contributed by atoms with E-state index in [1.807, 2.05) is 64.9 Å². The Kier molecular flexibility index (Phi) is 11.9. The average Bonchev–Trinajstić information content (AvgIpc) is 3.71. The van der Waals surface area contributed by atoms with Crippen molar-refractivity contribution in [2.45, 2.75) is 72.1 Å². The number of carbonyl (C=O) groups is 3. The van der Waals surface area contributed by atoms with Gasteiger partial charge in [-0.05, 0) is 70.0 Å². The summed E-state index contributed by atoms with van der Waals surface area (Å²) in [7, 11) is 3.81. The molecule has 5 heterocycles. The summed E-state index contributed by atoms with van der Waals surface area (Å²) >= 11 is 0. The maximum atomic E-state index is 13.5. The van der Waals surface area contributed by atoms with Gasteiger partial charge < -0.3 is 30.4 Å². The van der Waals surface area contributed by atoms with Gasteiger partial charge in [0, 0.05) is 48.3 Å². The quantitative estimate of drug-likeness (QED) is 0.205. The Labute approximate surface area is 302 Å². The number of likely N-dealkylation sites (N-methyl/N-ethyl adjacent to an activating group) is 1. The van der Waals surface area contributed by atoms with Crippen molar-refractivity contribution in [3.05, 3.63) is 75.4 Å². The van der Waals surface area contributed by atoms with Gasteiger partial charge >= 0.3 is 29.0 Å². The fraction of sp³-hybridized carbons (Fsp3) is 0.395. The van der Waals surface area contributed by atoms with Gasteiger partial charge in [0.15, 0.2) is 0 Å². The van der Waals surface area contributed by atoms with E-state index in [4.69, 9.17) is 19.9 Å².